The van der Waals surface area contributed by atoms with Crippen LogP contribution in [-0.4, -0.2) is 53.4 Å². The molecule has 1 fully saturated rings. The zero-order chi connectivity index (χ0) is 20.5. The van der Waals surface area contributed by atoms with Gasteiger partial charge in [-0.3, -0.25) is 9.59 Å². The Bertz CT molecular complexity index is 955. The predicted octanol–water partition coefficient (Wildman–Crippen LogP) is 2.43. The molecule has 2 aliphatic heterocycles. The number of carbonyl (C=O) groups is 1. The smallest absolute Gasteiger partial charge is 0.269 e. The summed E-state index contributed by atoms with van der Waals surface area (Å²) in [7, 11) is 1.95. The van der Waals surface area contributed by atoms with Crippen molar-refractivity contribution in [3.63, 3.8) is 0 Å². The Morgan fingerprint density at radius 1 is 1.31 bits per heavy atom. The maximum atomic E-state index is 13.2. The van der Waals surface area contributed by atoms with Crippen LogP contribution in [0.3, 0.4) is 0 Å². The number of likely N-dealkylation sites (tertiary alicyclic amines) is 1. The van der Waals surface area contributed by atoms with Crippen molar-refractivity contribution in [3.8, 4) is 5.75 Å². The first-order valence-corrected chi connectivity index (χ1v) is 10.3. The number of carbonyl (C=O) groups excluding carboxylic acids is 1. The van der Waals surface area contributed by atoms with E-state index >= 15 is 0 Å². The Morgan fingerprint density at radius 3 is 2.86 bits per heavy atom. The number of benzene rings is 1. The number of nitrogens with zero attached hydrogens (tertiary/aromatic N) is 4. The van der Waals surface area contributed by atoms with Gasteiger partial charge in [0, 0.05) is 37.8 Å². The standard InChI is InChI=1S/C22H28N4O3/c1-15(2)24(3)17-11-21(27)26(23-12-17)16-7-6-10-25(13-16)22(28)19-14-29-20-9-5-4-8-18(19)20/h4-5,8-9,11-12,15-16,19H,6-7,10,13-14H2,1-3H3. The second-order valence-electron chi connectivity index (χ2n) is 8.18. The van der Waals surface area contributed by atoms with Crippen molar-refractivity contribution in [1.82, 2.24) is 14.7 Å². The van der Waals surface area contributed by atoms with Gasteiger partial charge in [-0.15, -0.1) is 0 Å². The lowest BCUT2D eigenvalue weighted by atomic mass is 9.97. The molecule has 1 aromatic heterocycles. The summed E-state index contributed by atoms with van der Waals surface area (Å²) < 4.78 is 7.23. The number of aromatic nitrogens is 2. The van der Waals surface area contributed by atoms with Crippen LogP contribution in [0, 0.1) is 0 Å². The fourth-order valence-corrected chi connectivity index (χ4v) is 4.12. The molecular weight excluding hydrogens is 368 g/mol. The molecule has 0 bridgehead atoms. The highest BCUT2D eigenvalue weighted by atomic mass is 16.5. The number of amides is 1. The van der Waals surface area contributed by atoms with Gasteiger partial charge in [-0.1, -0.05) is 18.2 Å². The average molecular weight is 396 g/mol. The molecule has 2 atom stereocenters. The van der Waals surface area contributed by atoms with E-state index in [0.29, 0.717) is 19.7 Å². The molecule has 0 aliphatic carbocycles. The van der Waals surface area contributed by atoms with E-state index in [-0.39, 0.29) is 29.5 Å². The highest BCUT2D eigenvalue weighted by Gasteiger charge is 2.35. The van der Waals surface area contributed by atoms with Crippen molar-refractivity contribution < 1.29 is 9.53 Å². The highest BCUT2D eigenvalue weighted by Crippen LogP contribution is 2.35. The first-order chi connectivity index (χ1) is 14.0. The van der Waals surface area contributed by atoms with Gasteiger partial charge in [-0.2, -0.15) is 5.10 Å². The molecule has 1 saturated heterocycles. The summed E-state index contributed by atoms with van der Waals surface area (Å²) in [5.41, 5.74) is 1.64. The lowest BCUT2D eigenvalue weighted by Crippen LogP contribution is -2.45. The number of piperidine rings is 1. The van der Waals surface area contributed by atoms with Crippen molar-refractivity contribution >= 4 is 11.6 Å². The van der Waals surface area contributed by atoms with E-state index in [2.05, 4.69) is 18.9 Å². The van der Waals surface area contributed by atoms with Gasteiger partial charge in [0.2, 0.25) is 5.91 Å². The lowest BCUT2D eigenvalue weighted by Gasteiger charge is -2.34. The number of para-hydroxylation sites is 1. The van der Waals surface area contributed by atoms with E-state index in [9.17, 15) is 9.59 Å². The highest BCUT2D eigenvalue weighted by molar-refractivity contribution is 5.85. The Balaban J connectivity index is 1.50. The third kappa shape index (κ3) is 3.73. The van der Waals surface area contributed by atoms with Crippen molar-refractivity contribution in [2.45, 2.75) is 44.7 Å². The molecule has 2 aliphatic rings. The van der Waals surface area contributed by atoms with Crippen LogP contribution in [0.5, 0.6) is 5.75 Å². The maximum Gasteiger partial charge on any atom is 0.269 e. The van der Waals surface area contributed by atoms with E-state index in [1.807, 2.05) is 41.1 Å². The molecule has 0 radical (unpaired) electrons. The van der Waals surface area contributed by atoms with Gasteiger partial charge in [-0.05, 0) is 32.8 Å². The molecule has 29 heavy (non-hydrogen) atoms. The summed E-state index contributed by atoms with van der Waals surface area (Å²) in [6.07, 6.45) is 3.43. The quantitative estimate of drug-likeness (QED) is 0.794. The summed E-state index contributed by atoms with van der Waals surface area (Å²) in [4.78, 5) is 29.8. The number of rotatable bonds is 4. The molecule has 2 aromatic rings. The molecule has 7 heteroatoms. The summed E-state index contributed by atoms with van der Waals surface area (Å²) in [6.45, 7) is 5.73. The predicted molar refractivity (Wildman–Crippen MR) is 112 cm³/mol. The first kappa shape index (κ1) is 19.5. The third-order valence-electron chi connectivity index (χ3n) is 6.05. The fourth-order valence-electron chi connectivity index (χ4n) is 4.12. The monoisotopic (exact) mass is 396 g/mol. The van der Waals surface area contributed by atoms with Gasteiger partial charge in [0.1, 0.15) is 18.3 Å². The Kier molecular flexibility index (Phi) is 5.30. The molecule has 2 unspecified atom stereocenters. The Morgan fingerprint density at radius 2 is 2.10 bits per heavy atom. The minimum absolute atomic E-state index is 0.0730. The summed E-state index contributed by atoms with van der Waals surface area (Å²) in [5, 5.41) is 4.43. The summed E-state index contributed by atoms with van der Waals surface area (Å²) in [5.74, 6) is 0.600. The zero-order valence-electron chi connectivity index (χ0n) is 17.2. The topological polar surface area (TPSA) is 67.7 Å². The lowest BCUT2D eigenvalue weighted by molar-refractivity contribution is -0.134. The van der Waals surface area contributed by atoms with Gasteiger partial charge in [0.25, 0.3) is 5.56 Å². The molecule has 154 valence electrons. The van der Waals surface area contributed by atoms with E-state index in [1.165, 1.54) is 4.68 Å². The van der Waals surface area contributed by atoms with Crippen LogP contribution in [0.2, 0.25) is 0 Å². The molecule has 1 aromatic carbocycles. The molecule has 0 spiro atoms. The van der Waals surface area contributed by atoms with Crippen molar-refractivity contribution in [3.05, 3.63) is 52.4 Å². The molecule has 0 N–H and O–H groups in total. The second kappa shape index (κ2) is 7.89. The molecular formula is C22H28N4O3. The first-order valence-electron chi connectivity index (χ1n) is 10.3. The molecule has 0 saturated carbocycles. The van der Waals surface area contributed by atoms with Crippen LogP contribution < -0.4 is 15.2 Å². The average Bonchev–Trinajstić information content (AvgIpc) is 3.16. The van der Waals surface area contributed by atoms with Crippen LogP contribution in [0.1, 0.15) is 44.2 Å². The Hall–Kier alpha value is -2.83. The van der Waals surface area contributed by atoms with Crippen LogP contribution in [0.4, 0.5) is 5.69 Å². The molecule has 1 amide bonds. The Labute approximate surface area is 170 Å². The minimum Gasteiger partial charge on any atom is -0.492 e. The number of hydrogen-bond acceptors (Lipinski definition) is 5. The van der Waals surface area contributed by atoms with Gasteiger partial charge >= 0.3 is 0 Å². The fraction of sp³-hybridized carbons (Fsp3) is 0.500. The van der Waals surface area contributed by atoms with Crippen molar-refractivity contribution in [2.75, 3.05) is 31.6 Å². The number of ether oxygens (including phenoxy) is 1. The van der Waals surface area contributed by atoms with Crippen LogP contribution in [0.25, 0.3) is 0 Å². The normalized spacial score (nSPS) is 21.0. The van der Waals surface area contributed by atoms with E-state index in [0.717, 1.165) is 29.8 Å². The van der Waals surface area contributed by atoms with Gasteiger partial charge in [-0.25, -0.2) is 4.68 Å². The molecule has 3 heterocycles. The van der Waals surface area contributed by atoms with E-state index < -0.39 is 0 Å². The molecule has 7 nitrogen and oxygen atoms in total. The van der Waals surface area contributed by atoms with E-state index in [1.54, 1.807) is 12.3 Å². The van der Waals surface area contributed by atoms with Gasteiger partial charge in [0.15, 0.2) is 0 Å². The van der Waals surface area contributed by atoms with Gasteiger partial charge < -0.3 is 14.5 Å². The third-order valence-corrected chi connectivity index (χ3v) is 6.05. The maximum absolute atomic E-state index is 13.2. The molecule has 4 rings (SSSR count). The van der Waals surface area contributed by atoms with Crippen LogP contribution >= 0.6 is 0 Å². The summed E-state index contributed by atoms with van der Waals surface area (Å²) in [6, 6.07) is 9.54. The number of hydrogen-bond donors (Lipinski definition) is 0. The second-order valence-corrected chi connectivity index (χ2v) is 8.18. The largest absolute Gasteiger partial charge is 0.492 e. The van der Waals surface area contributed by atoms with Crippen molar-refractivity contribution in [1.29, 1.82) is 0 Å². The van der Waals surface area contributed by atoms with E-state index in [4.69, 9.17) is 4.74 Å². The number of anilines is 1. The minimum atomic E-state index is -0.267. The SMILES string of the molecule is CC(C)N(C)c1cnn(C2CCCN(C(=O)C3COc4ccccc43)C2)c(=O)c1. The zero-order valence-corrected chi connectivity index (χ0v) is 17.2. The van der Waals surface area contributed by atoms with Gasteiger partial charge in [0.05, 0.1) is 17.9 Å². The summed E-state index contributed by atoms with van der Waals surface area (Å²) >= 11 is 0. The number of fused-ring (bicyclic) bond motifs is 1. The van der Waals surface area contributed by atoms with Crippen LogP contribution in [0.15, 0.2) is 41.3 Å². The van der Waals surface area contributed by atoms with Crippen molar-refractivity contribution in [2.24, 2.45) is 0 Å². The van der Waals surface area contributed by atoms with Crippen LogP contribution in [-0.2, 0) is 4.79 Å².